The largest absolute Gasteiger partial charge is 0.497 e. The zero-order valence-corrected chi connectivity index (χ0v) is 21.5. The number of ether oxygens (including phenoxy) is 1. The number of thioether (sulfide) groups is 1. The summed E-state index contributed by atoms with van der Waals surface area (Å²) < 4.78 is 11.1. The number of methoxy groups -OCH3 is 1. The molecule has 1 saturated heterocycles. The van der Waals surface area contributed by atoms with Crippen LogP contribution in [0.4, 0.5) is 5.69 Å². The third kappa shape index (κ3) is 4.42. The van der Waals surface area contributed by atoms with Gasteiger partial charge in [-0.25, -0.2) is 0 Å². The van der Waals surface area contributed by atoms with Crippen LogP contribution in [0.2, 0.25) is 0 Å². The van der Waals surface area contributed by atoms with E-state index < -0.39 is 0 Å². The second-order valence-electron chi connectivity index (χ2n) is 8.90. The first-order valence-corrected chi connectivity index (χ1v) is 12.9. The van der Waals surface area contributed by atoms with E-state index in [1.165, 1.54) is 9.80 Å². The SMILES string of the molecule is COc1ccc(N2C(=N)S/C(=C\c3ccc(-c4ccc5c(c4)C(=O)N(Cc4ccccc4)C5=O)o3)C2=O)cc1. The maximum atomic E-state index is 13.1. The van der Waals surface area contributed by atoms with Gasteiger partial charge in [-0.15, -0.1) is 0 Å². The van der Waals surface area contributed by atoms with Gasteiger partial charge in [0.25, 0.3) is 17.7 Å². The smallest absolute Gasteiger partial charge is 0.271 e. The van der Waals surface area contributed by atoms with E-state index in [-0.39, 0.29) is 29.4 Å². The molecular weight excluding hydrogens is 514 g/mol. The molecule has 0 saturated carbocycles. The zero-order chi connectivity index (χ0) is 27.1. The molecule has 2 aliphatic heterocycles. The van der Waals surface area contributed by atoms with Gasteiger partial charge in [0, 0.05) is 11.6 Å². The minimum atomic E-state index is -0.348. The molecule has 1 aromatic heterocycles. The van der Waals surface area contributed by atoms with Gasteiger partial charge < -0.3 is 9.15 Å². The van der Waals surface area contributed by atoms with E-state index in [1.807, 2.05) is 30.3 Å². The molecule has 8 nitrogen and oxygen atoms in total. The number of nitrogens with zero attached hydrogens (tertiary/aromatic N) is 2. The van der Waals surface area contributed by atoms with Crippen LogP contribution in [0.1, 0.15) is 32.0 Å². The number of carbonyl (C=O) groups excluding carboxylic acids is 3. The normalized spacial score (nSPS) is 16.0. The van der Waals surface area contributed by atoms with Crippen molar-refractivity contribution in [2.45, 2.75) is 6.54 Å². The van der Waals surface area contributed by atoms with Gasteiger partial charge >= 0.3 is 0 Å². The summed E-state index contributed by atoms with van der Waals surface area (Å²) >= 11 is 1.05. The van der Waals surface area contributed by atoms with E-state index in [2.05, 4.69) is 0 Å². The third-order valence-electron chi connectivity index (χ3n) is 6.49. The Morgan fingerprint density at radius 3 is 2.36 bits per heavy atom. The number of carbonyl (C=O) groups is 3. The molecule has 0 bridgehead atoms. The maximum Gasteiger partial charge on any atom is 0.271 e. The Balaban J connectivity index is 1.22. The van der Waals surface area contributed by atoms with Crippen molar-refractivity contribution in [3.05, 3.63) is 112 Å². The Bertz CT molecular complexity index is 1670. The first kappa shape index (κ1) is 24.4. The quantitative estimate of drug-likeness (QED) is 0.247. The van der Waals surface area contributed by atoms with E-state index in [9.17, 15) is 14.4 Å². The van der Waals surface area contributed by atoms with E-state index in [4.69, 9.17) is 14.6 Å². The number of rotatable bonds is 6. The molecule has 0 unspecified atom stereocenters. The average molecular weight is 536 g/mol. The molecule has 9 heteroatoms. The van der Waals surface area contributed by atoms with Crippen LogP contribution < -0.4 is 9.64 Å². The van der Waals surface area contributed by atoms with Crippen LogP contribution in [0.3, 0.4) is 0 Å². The van der Waals surface area contributed by atoms with Gasteiger partial charge in [0.1, 0.15) is 17.3 Å². The van der Waals surface area contributed by atoms with Crippen LogP contribution in [0, 0.1) is 5.41 Å². The molecule has 2 aliphatic rings. The Morgan fingerprint density at radius 1 is 0.872 bits per heavy atom. The van der Waals surface area contributed by atoms with E-state index in [0.717, 1.165) is 17.3 Å². The maximum absolute atomic E-state index is 13.1. The molecule has 0 spiro atoms. The fraction of sp³-hybridized carbons (Fsp3) is 0.0667. The molecule has 0 radical (unpaired) electrons. The van der Waals surface area contributed by atoms with Crippen LogP contribution in [-0.4, -0.2) is 34.9 Å². The van der Waals surface area contributed by atoms with Gasteiger partial charge in [0.15, 0.2) is 5.17 Å². The Morgan fingerprint density at radius 2 is 1.62 bits per heavy atom. The minimum Gasteiger partial charge on any atom is -0.497 e. The number of hydrogen-bond donors (Lipinski definition) is 1. The van der Waals surface area contributed by atoms with Crippen molar-refractivity contribution in [3.63, 3.8) is 0 Å². The van der Waals surface area contributed by atoms with Gasteiger partial charge in [0.2, 0.25) is 0 Å². The third-order valence-corrected chi connectivity index (χ3v) is 7.38. The van der Waals surface area contributed by atoms with Crippen LogP contribution in [0.5, 0.6) is 5.75 Å². The fourth-order valence-electron chi connectivity index (χ4n) is 4.52. The second-order valence-corrected chi connectivity index (χ2v) is 9.93. The summed E-state index contributed by atoms with van der Waals surface area (Å²) in [4.78, 5) is 41.9. The van der Waals surface area contributed by atoms with Gasteiger partial charge in [-0.2, -0.15) is 0 Å². The van der Waals surface area contributed by atoms with E-state index >= 15 is 0 Å². The van der Waals surface area contributed by atoms with Crippen molar-refractivity contribution in [2.75, 3.05) is 12.0 Å². The summed E-state index contributed by atoms with van der Waals surface area (Å²) in [7, 11) is 1.56. The van der Waals surface area contributed by atoms with Crippen molar-refractivity contribution < 1.29 is 23.5 Å². The predicted octanol–water partition coefficient (Wildman–Crippen LogP) is 5.81. The Hall–Kier alpha value is -4.89. The molecule has 0 aliphatic carbocycles. The summed E-state index contributed by atoms with van der Waals surface area (Å²) in [5.74, 6) is 0.580. The molecule has 3 amide bonds. The standard InChI is InChI=1S/C30H21N3O5S/c1-37-21-10-8-20(9-11-21)33-29(36)26(39-30(33)31)16-22-12-14-25(38-22)19-7-13-23-24(15-19)28(35)32(27(23)34)17-18-5-3-2-4-6-18/h2-16,31H,17H2,1H3/b26-16-,31-30?. The van der Waals surface area contributed by atoms with Gasteiger partial charge in [0.05, 0.1) is 35.4 Å². The predicted molar refractivity (Wildman–Crippen MR) is 149 cm³/mol. The molecule has 39 heavy (non-hydrogen) atoms. The highest BCUT2D eigenvalue weighted by Crippen LogP contribution is 2.37. The average Bonchev–Trinajstić information content (AvgIpc) is 3.61. The number of amides is 3. The first-order chi connectivity index (χ1) is 18.9. The van der Waals surface area contributed by atoms with Crippen LogP contribution in [0.25, 0.3) is 17.4 Å². The summed E-state index contributed by atoms with van der Waals surface area (Å²) in [5, 5.41) is 8.39. The highest BCUT2D eigenvalue weighted by Gasteiger charge is 2.36. The molecule has 3 aromatic carbocycles. The topological polar surface area (TPSA) is 104 Å². The summed E-state index contributed by atoms with van der Waals surface area (Å²) in [6.07, 6.45) is 1.60. The lowest BCUT2D eigenvalue weighted by Crippen LogP contribution is -2.29. The number of imide groups is 1. The number of hydrogen-bond acceptors (Lipinski definition) is 7. The van der Waals surface area contributed by atoms with Gasteiger partial charge in [-0.05, 0) is 65.9 Å². The highest BCUT2D eigenvalue weighted by molar-refractivity contribution is 8.19. The van der Waals surface area contributed by atoms with Crippen molar-refractivity contribution in [2.24, 2.45) is 0 Å². The molecule has 6 rings (SSSR count). The van der Waals surface area contributed by atoms with E-state index in [1.54, 1.807) is 67.8 Å². The number of amidine groups is 1. The lowest BCUT2D eigenvalue weighted by Gasteiger charge is -2.14. The van der Waals surface area contributed by atoms with Crippen LogP contribution in [-0.2, 0) is 11.3 Å². The molecule has 4 aromatic rings. The lowest BCUT2D eigenvalue weighted by atomic mass is 10.0. The minimum absolute atomic E-state index is 0.0880. The van der Waals surface area contributed by atoms with Gasteiger partial charge in [-0.1, -0.05) is 36.4 Å². The number of nitrogens with one attached hydrogen (secondary N) is 1. The Labute approximate surface area is 228 Å². The lowest BCUT2D eigenvalue weighted by molar-refractivity contribution is -0.113. The summed E-state index contributed by atoms with van der Waals surface area (Å²) in [6, 6.07) is 24.8. The van der Waals surface area contributed by atoms with Crippen molar-refractivity contribution >= 4 is 46.4 Å². The second kappa shape index (κ2) is 9.77. The number of anilines is 1. The van der Waals surface area contributed by atoms with Crippen molar-refractivity contribution in [1.29, 1.82) is 5.41 Å². The summed E-state index contributed by atoms with van der Waals surface area (Å²) in [5.41, 5.74) is 2.77. The molecule has 0 atom stereocenters. The molecular formula is C30H21N3O5S. The summed E-state index contributed by atoms with van der Waals surface area (Å²) in [6.45, 7) is 0.204. The highest BCUT2D eigenvalue weighted by atomic mass is 32.2. The van der Waals surface area contributed by atoms with Crippen LogP contribution >= 0.6 is 11.8 Å². The van der Waals surface area contributed by atoms with Crippen LogP contribution in [0.15, 0.2) is 94.3 Å². The molecule has 1 fully saturated rings. The monoisotopic (exact) mass is 535 g/mol. The first-order valence-electron chi connectivity index (χ1n) is 12.0. The molecule has 192 valence electrons. The molecule has 1 N–H and O–H groups in total. The number of fused-ring (bicyclic) bond motifs is 1. The molecule has 3 heterocycles. The van der Waals surface area contributed by atoms with Crippen molar-refractivity contribution in [3.8, 4) is 17.1 Å². The Kier molecular flexibility index (Phi) is 6.12. The number of furan rings is 1. The van der Waals surface area contributed by atoms with E-state index in [0.29, 0.717) is 44.6 Å². The number of benzene rings is 3. The van der Waals surface area contributed by atoms with Crippen molar-refractivity contribution in [1.82, 2.24) is 4.90 Å². The zero-order valence-electron chi connectivity index (χ0n) is 20.7. The fourth-order valence-corrected chi connectivity index (χ4v) is 5.36. The van der Waals surface area contributed by atoms with Gasteiger partial charge in [-0.3, -0.25) is 29.6 Å².